The number of nitrogens with two attached hydrogens (primary N) is 1. The molecule has 0 aromatic carbocycles. The molecule has 3 rings (SSSR count). The molecule has 114 valence electrons. The van der Waals surface area contributed by atoms with E-state index in [0.717, 1.165) is 31.4 Å². The van der Waals surface area contributed by atoms with Gasteiger partial charge in [0.25, 0.3) is 5.91 Å². The number of hydrogen-bond donors (Lipinski definition) is 3. The quantitative estimate of drug-likeness (QED) is 0.759. The number of nitrogen functional groups attached to an aromatic ring is 1. The number of nitrogens with one attached hydrogen (secondary N) is 2. The fraction of sp³-hybridized carbons (Fsp3) is 0.643. The number of rotatable bonds is 3. The molecule has 1 aromatic rings. The molecule has 2 amide bonds. The van der Waals surface area contributed by atoms with E-state index in [2.05, 4.69) is 15.5 Å². The average Bonchev–Trinajstić information content (AvgIpc) is 3.21. The van der Waals surface area contributed by atoms with E-state index in [4.69, 9.17) is 5.73 Å². The number of aromatic nitrogens is 2. The summed E-state index contributed by atoms with van der Waals surface area (Å²) in [6, 6.07) is 0.0169. The van der Waals surface area contributed by atoms with Gasteiger partial charge >= 0.3 is 0 Å². The second-order valence-electron chi connectivity index (χ2n) is 5.96. The molecule has 1 saturated carbocycles. The number of anilines is 1. The fourth-order valence-electron chi connectivity index (χ4n) is 2.93. The Hall–Kier alpha value is -2.05. The van der Waals surface area contributed by atoms with Crippen molar-refractivity contribution >= 4 is 17.5 Å². The van der Waals surface area contributed by atoms with E-state index in [0.29, 0.717) is 30.4 Å². The molecule has 7 nitrogen and oxygen atoms in total. The number of carbonyl (C=O) groups is 2. The van der Waals surface area contributed by atoms with Gasteiger partial charge < -0.3 is 16.0 Å². The summed E-state index contributed by atoms with van der Waals surface area (Å²) in [4.78, 5) is 25.4. The minimum absolute atomic E-state index is 0.0169. The first-order chi connectivity index (χ1) is 10.1. The second-order valence-corrected chi connectivity index (χ2v) is 5.96. The molecule has 7 heteroatoms. The molecule has 0 radical (unpaired) electrons. The van der Waals surface area contributed by atoms with Gasteiger partial charge in [-0.15, -0.1) is 0 Å². The van der Waals surface area contributed by atoms with Gasteiger partial charge in [0.05, 0.1) is 11.4 Å². The largest absolute Gasteiger partial charge is 0.395 e. The Morgan fingerprint density at radius 1 is 1.38 bits per heavy atom. The Balaban J connectivity index is 1.70. The first kappa shape index (κ1) is 13.9. The highest BCUT2D eigenvalue weighted by Gasteiger charge is 2.32. The van der Waals surface area contributed by atoms with Gasteiger partial charge in [0, 0.05) is 32.0 Å². The van der Waals surface area contributed by atoms with Crippen molar-refractivity contribution in [3.63, 3.8) is 0 Å². The van der Waals surface area contributed by atoms with Crippen LogP contribution in [0.5, 0.6) is 0 Å². The highest BCUT2D eigenvalue weighted by Crippen LogP contribution is 2.42. The summed E-state index contributed by atoms with van der Waals surface area (Å²) in [5, 5.41) is 9.89. The van der Waals surface area contributed by atoms with Crippen LogP contribution in [0, 0.1) is 0 Å². The fourth-order valence-corrected chi connectivity index (χ4v) is 2.93. The number of amides is 2. The summed E-state index contributed by atoms with van der Waals surface area (Å²) in [5.41, 5.74) is 7.76. The van der Waals surface area contributed by atoms with Crippen LogP contribution in [-0.2, 0) is 4.79 Å². The number of piperidine rings is 1. The van der Waals surface area contributed by atoms with Crippen molar-refractivity contribution in [1.29, 1.82) is 0 Å². The molecule has 1 aliphatic heterocycles. The van der Waals surface area contributed by atoms with Crippen LogP contribution in [0.4, 0.5) is 5.69 Å². The first-order valence-electron chi connectivity index (χ1n) is 7.46. The normalized spacial score (nSPS) is 22.1. The van der Waals surface area contributed by atoms with Gasteiger partial charge in [-0.3, -0.25) is 14.7 Å². The SMILES string of the molecule is CC(=O)NC1CCCN(C(=O)c2n[nH]c(C3CC3)c2N)C1. The first-order valence-corrected chi connectivity index (χ1v) is 7.46. The molecule has 0 spiro atoms. The lowest BCUT2D eigenvalue weighted by molar-refractivity contribution is -0.120. The molecule has 2 fully saturated rings. The van der Waals surface area contributed by atoms with Gasteiger partial charge in [0.15, 0.2) is 5.69 Å². The average molecular weight is 291 g/mol. The van der Waals surface area contributed by atoms with Crippen LogP contribution >= 0.6 is 0 Å². The van der Waals surface area contributed by atoms with Gasteiger partial charge in [0.1, 0.15) is 0 Å². The van der Waals surface area contributed by atoms with E-state index in [9.17, 15) is 9.59 Å². The number of H-pyrrole nitrogens is 1. The maximum absolute atomic E-state index is 12.6. The van der Waals surface area contributed by atoms with Gasteiger partial charge in [-0.25, -0.2) is 0 Å². The molecule has 1 aromatic heterocycles. The molecule has 0 bridgehead atoms. The second kappa shape index (κ2) is 5.38. The van der Waals surface area contributed by atoms with Gasteiger partial charge in [-0.2, -0.15) is 5.10 Å². The minimum atomic E-state index is -0.147. The smallest absolute Gasteiger partial charge is 0.276 e. The van der Waals surface area contributed by atoms with E-state index >= 15 is 0 Å². The predicted octanol–water partition coefficient (Wildman–Crippen LogP) is 0.610. The number of likely N-dealkylation sites (tertiary alicyclic amines) is 1. The monoisotopic (exact) mass is 291 g/mol. The van der Waals surface area contributed by atoms with E-state index in [1.165, 1.54) is 6.92 Å². The summed E-state index contributed by atoms with van der Waals surface area (Å²) in [6.07, 6.45) is 3.98. The minimum Gasteiger partial charge on any atom is -0.395 e. The van der Waals surface area contributed by atoms with Crippen molar-refractivity contribution in [3.05, 3.63) is 11.4 Å². The van der Waals surface area contributed by atoms with Crippen LogP contribution in [0.1, 0.15) is 54.7 Å². The van der Waals surface area contributed by atoms with Crippen LogP contribution in [0.15, 0.2) is 0 Å². The zero-order valence-electron chi connectivity index (χ0n) is 12.2. The molecule has 2 heterocycles. The maximum atomic E-state index is 12.6. The number of hydrogen-bond acceptors (Lipinski definition) is 4. The molecule has 1 atom stereocenters. The molecule has 21 heavy (non-hydrogen) atoms. The molecule has 1 unspecified atom stereocenters. The number of aromatic amines is 1. The number of nitrogens with zero attached hydrogens (tertiary/aromatic N) is 2. The van der Waals surface area contributed by atoms with Gasteiger partial charge in [-0.05, 0) is 25.7 Å². The summed E-state index contributed by atoms with van der Waals surface area (Å²) < 4.78 is 0. The Kier molecular flexibility index (Phi) is 3.57. The van der Waals surface area contributed by atoms with Crippen molar-refractivity contribution in [2.24, 2.45) is 0 Å². The summed E-state index contributed by atoms with van der Waals surface area (Å²) >= 11 is 0. The molecular formula is C14H21N5O2. The van der Waals surface area contributed by atoms with Crippen molar-refractivity contribution in [3.8, 4) is 0 Å². The van der Waals surface area contributed by atoms with E-state index in [-0.39, 0.29) is 17.9 Å². The van der Waals surface area contributed by atoms with E-state index < -0.39 is 0 Å². The van der Waals surface area contributed by atoms with Crippen molar-refractivity contribution in [2.45, 2.75) is 44.6 Å². The Labute approximate surface area is 123 Å². The molecule has 4 N–H and O–H groups in total. The predicted molar refractivity (Wildman–Crippen MR) is 77.7 cm³/mol. The summed E-state index contributed by atoms with van der Waals surface area (Å²) in [6.45, 7) is 2.69. The lowest BCUT2D eigenvalue weighted by Gasteiger charge is -2.32. The maximum Gasteiger partial charge on any atom is 0.276 e. The van der Waals surface area contributed by atoms with Crippen molar-refractivity contribution in [2.75, 3.05) is 18.8 Å². The number of carbonyl (C=O) groups excluding carboxylic acids is 2. The Morgan fingerprint density at radius 3 is 2.81 bits per heavy atom. The van der Waals surface area contributed by atoms with E-state index in [1.807, 2.05) is 0 Å². The highest BCUT2D eigenvalue weighted by molar-refractivity contribution is 5.97. The Bertz CT molecular complexity index is 564. The van der Waals surface area contributed by atoms with Gasteiger partial charge in [0.2, 0.25) is 5.91 Å². The molecular weight excluding hydrogens is 270 g/mol. The lowest BCUT2D eigenvalue weighted by Crippen LogP contribution is -2.49. The molecule has 1 saturated heterocycles. The Morgan fingerprint density at radius 2 is 2.14 bits per heavy atom. The van der Waals surface area contributed by atoms with Crippen LogP contribution in [0.25, 0.3) is 0 Å². The lowest BCUT2D eigenvalue weighted by atomic mass is 10.0. The van der Waals surface area contributed by atoms with Crippen LogP contribution < -0.4 is 11.1 Å². The van der Waals surface area contributed by atoms with Crippen LogP contribution in [0.3, 0.4) is 0 Å². The zero-order valence-corrected chi connectivity index (χ0v) is 12.2. The van der Waals surface area contributed by atoms with Crippen LogP contribution in [0.2, 0.25) is 0 Å². The summed E-state index contributed by atoms with van der Waals surface area (Å²) in [7, 11) is 0. The molecule has 1 aliphatic carbocycles. The molecule has 2 aliphatic rings. The van der Waals surface area contributed by atoms with Gasteiger partial charge in [-0.1, -0.05) is 0 Å². The third kappa shape index (κ3) is 2.86. The van der Waals surface area contributed by atoms with Crippen molar-refractivity contribution < 1.29 is 9.59 Å². The van der Waals surface area contributed by atoms with Crippen LogP contribution in [-0.4, -0.2) is 46.0 Å². The third-order valence-electron chi connectivity index (χ3n) is 4.14. The highest BCUT2D eigenvalue weighted by atomic mass is 16.2. The topological polar surface area (TPSA) is 104 Å². The third-order valence-corrected chi connectivity index (χ3v) is 4.14. The zero-order chi connectivity index (χ0) is 15.0. The summed E-state index contributed by atoms with van der Waals surface area (Å²) in [5.74, 6) is 0.225. The van der Waals surface area contributed by atoms with E-state index in [1.54, 1.807) is 4.90 Å². The van der Waals surface area contributed by atoms with Crippen molar-refractivity contribution in [1.82, 2.24) is 20.4 Å². The standard InChI is InChI=1S/C14H21N5O2/c1-8(20)16-10-3-2-6-19(7-10)14(21)13-11(15)12(17-18-13)9-4-5-9/h9-10H,2-7,15H2,1H3,(H,16,20)(H,17,18).